The predicted octanol–water partition coefficient (Wildman–Crippen LogP) is -1.12. The SMILES string of the molecule is Nc1ncnc2c1ncn2C(C=O)OC(C=O)COP(=O)(O)OP(=O)(O)OP(=O)(O)OP(=O)(O)OCC(C=O)OC(C=O)n1cnc2c(N)ncnc21. The van der Waals surface area contributed by atoms with Crippen LogP contribution in [0.5, 0.6) is 0 Å². The van der Waals surface area contributed by atoms with Crippen molar-refractivity contribution in [3.05, 3.63) is 25.3 Å². The molecule has 288 valence electrons. The van der Waals surface area contributed by atoms with Gasteiger partial charge in [-0.3, -0.25) is 27.8 Å². The Morgan fingerprint density at radius 2 is 0.943 bits per heavy atom. The summed E-state index contributed by atoms with van der Waals surface area (Å²) in [6.07, 6.45) is -2.67. The number of phosphoric ester groups is 2. The highest BCUT2D eigenvalue weighted by molar-refractivity contribution is 7.69. The van der Waals surface area contributed by atoms with Gasteiger partial charge in [0.2, 0.25) is 0 Å². The fourth-order valence-corrected chi connectivity index (χ4v) is 8.77. The van der Waals surface area contributed by atoms with E-state index in [4.69, 9.17) is 20.9 Å². The molecule has 4 heterocycles. The molecule has 0 aliphatic heterocycles. The Labute approximate surface area is 292 Å². The number of aldehydes is 4. The third kappa shape index (κ3) is 11.0. The van der Waals surface area contributed by atoms with Crippen LogP contribution in [-0.2, 0) is 68.9 Å². The molecule has 0 spiro atoms. The lowest BCUT2D eigenvalue weighted by molar-refractivity contribution is -0.140. The van der Waals surface area contributed by atoms with E-state index in [-0.39, 0.29) is 59.1 Å². The van der Waals surface area contributed by atoms with Crippen molar-refractivity contribution >= 4 is 90.4 Å². The summed E-state index contributed by atoms with van der Waals surface area (Å²) in [7, 11) is -24.2. The zero-order valence-corrected chi connectivity index (χ0v) is 29.4. The van der Waals surface area contributed by atoms with Crippen LogP contribution in [0.2, 0.25) is 0 Å². The van der Waals surface area contributed by atoms with Crippen molar-refractivity contribution in [2.75, 3.05) is 24.7 Å². The van der Waals surface area contributed by atoms with Crippen LogP contribution >= 0.6 is 31.3 Å². The second-order valence-corrected chi connectivity index (χ2v) is 15.8. The third-order valence-electron chi connectivity index (χ3n) is 5.91. The van der Waals surface area contributed by atoms with Crippen LogP contribution in [0.4, 0.5) is 11.6 Å². The third-order valence-corrected chi connectivity index (χ3v) is 11.8. The fourth-order valence-electron chi connectivity index (χ4n) is 3.82. The highest BCUT2D eigenvalue weighted by Gasteiger charge is 2.46. The lowest BCUT2D eigenvalue weighted by Gasteiger charge is -2.22. The van der Waals surface area contributed by atoms with Crippen molar-refractivity contribution in [1.82, 2.24) is 39.0 Å². The van der Waals surface area contributed by atoms with Crippen LogP contribution in [0.15, 0.2) is 25.3 Å². The first-order valence-electron chi connectivity index (χ1n) is 13.6. The van der Waals surface area contributed by atoms with Gasteiger partial charge >= 0.3 is 31.3 Å². The summed E-state index contributed by atoms with van der Waals surface area (Å²) < 4.78 is 81.6. The molecule has 8 unspecified atom stereocenters. The van der Waals surface area contributed by atoms with Gasteiger partial charge in [-0.1, -0.05) is 0 Å². The van der Waals surface area contributed by atoms with E-state index in [1.165, 1.54) is 0 Å². The summed E-state index contributed by atoms with van der Waals surface area (Å²) in [6, 6.07) is 0. The van der Waals surface area contributed by atoms with E-state index in [1.54, 1.807) is 0 Å². The van der Waals surface area contributed by atoms with Crippen LogP contribution in [0.3, 0.4) is 0 Å². The number of nitrogen functional groups attached to an aromatic ring is 2. The topological polar surface area (TPSA) is 421 Å². The molecule has 29 nitrogen and oxygen atoms in total. The fraction of sp³-hybridized carbons (Fsp3) is 0.300. The van der Waals surface area contributed by atoms with Crippen LogP contribution in [0.25, 0.3) is 22.3 Å². The number of hydrogen-bond acceptors (Lipinski definition) is 23. The Hall–Kier alpha value is -4.14. The second kappa shape index (κ2) is 16.9. The largest absolute Gasteiger partial charge is 0.490 e. The van der Waals surface area contributed by atoms with Crippen molar-refractivity contribution < 1.29 is 88.5 Å². The Bertz CT molecular complexity index is 2030. The Balaban J connectivity index is 1.31. The number of nitrogens with two attached hydrogens (primary N) is 2. The van der Waals surface area contributed by atoms with Crippen molar-refractivity contribution in [1.29, 1.82) is 0 Å². The average Bonchev–Trinajstić information content (AvgIpc) is 3.70. The molecule has 0 amide bonds. The summed E-state index contributed by atoms with van der Waals surface area (Å²) >= 11 is 0. The number of phosphoric acid groups is 4. The van der Waals surface area contributed by atoms with Crippen molar-refractivity contribution in [3.63, 3.8) is 0 Å². The monoisotopic (exact) mass is 832 g/mol. The quantitative estimate of drug-likeness (QED) is 0.0403. The lowest BCUT2D eigenvalue weighted by Crippen LogP contribution is -2.27. The first-order valence-corrected chi connectivity index (χ1v) is 19.5. The molecule has 0 fully saturated rings. The van der Waals surface area contributed by atoms with Gasteiger partial charge in [0.25, 0.3) is 0 Å². The molecule has 4 aromatic heterocycles. The number of ether oxygens (including phenoxy) is 2. The van der Waals surface area contributed by atoms with Crippen LogP contribution < -0.4 is 11.5 Å². The maximum Gasteiger partial charge on any atom is 0.490 e. The predicted molar refractivity (Wildman–Crippen MR) is 166 cm³/mol. The number of rotatable bonds is 22. The number of anilines is 2. The van der Waals surface area contributed by atoms with E-state index >= 15 is 0 Å². The molecule has 33 heteroatoms. The minimum Gasteiger partial charge on any atom is -0.382 e. The molecule has 53 heavy (non-hydrogen) atoms. The lowest BCUT2D eigenvalue weighted by atomic mass is 10.4. The summed E-state index contributed by atoms with van der Waals surface area (Å²) in [4.78, 5) is 109. The number of carbonyl (C=O) groups excluding carboxylic acids is 4. The van der Waals surface area contributed by atoms with Crippen molar-refractivity contribution in [2.24, 2.45) is 0 Å². The summed E-state index contributed by atoms with van der Waals surface area (Å²) in [6.45, 7) is -2.52. The van der Waals surface area contributed by atoms with Crippen LogP contribution in [-0.4, -0.2) is 109 Å². The minimum atomic E-state index is -6.25. The number of hydrogen-bond donors (Lipinski definition) is 6. The summed E-state index contributed by atoms with van der Waals surface area (Å²) in [5, 5.41) is 0. The van der Waals surface area contributed by atoms with Gasteiger partial charge in [0, 0.05) is 0 Å². The van der Waals surface area contributed by atoms with Gasteiger partial charge in [-0.15, -0.1) is 0 Å². The Morgan fingerprint density at radius 1 is 0.585 bits per heavy atom. The molecular formula is C20H24N10O19P4. The maximum atomic E-state index is 12.3. The van der Waals surface area contributed by atoms with Crippen LogP contribution in [0, 0.1) is 0 Å². The zero-order chi connectivity index (χ0) is 39.2. The Kier molecular flexibility index (Phi) is 13.3. The first-order chi connectivity index (χ1) is 24.8. The van der Waals surface area contributed by atoms with E-state index in [2.05, 4.69) is 51.9 Å². The average molecular weight is 832 g/mol. The van der Waals surface area contributed by atoms with Gasteiger partial charge in [0.1, 0.15) is 35.9 Å². The van der Waals surface area contributed by atoms with Gasteiger partial charge in [0.15, 0.2) is 60.5 Å². The number of carbonyl (C=O) groups is 4. The highest BCUT2D eigenvalue weighted by Crippen LogP contribution is 2.71. The number of nitrogens with zero attached hydrogens (tertiary/aromatic N) is 8. The Morgan fingerprint density at radius 3 is 1.28 bits per heavy atom. The first kappa shape index (κ1) is 41.6. The smallest absolute Gasteiger partial charge is 0.382 e. The van der Waals surface area contributed by atoms with Crippen molar-refractivity contribution in [2.45, 2.75) is 24.7 Å². The molecule has 0 saturated carbocycles. The molecule has 0 saturated heterocycles. The van der Waals surface area contributed by atoms with Crippen LogP contribution in [0.1, 0.15) is 12.5 Å². The minimum absolute atomic E-state index is 0.0201. The molecule has 0 aliphatic carbocycles. The molecule has 4 rings (SSSR count). The summed E-state index contributed by atoms with van der Waals surface area (Å²) in [5.74, 6) is -0.140. The molecule has 0 bridgehead atoms. The van der Waals surface area contributed by atoms with E-state index in [9.17, 15) is 57.0 Å². The van der Waals surface area contributed by atoms with Gasteiger partial charge < -0.3 is 50.1 Å². The van der Waals surface area contributed by atoms with E-state index in [0.717, 1.165) is 34.4 Å². The number of aromatic nitrogens is 8. The normalized spacial score (nSPS) is 18.8. The maximum absolute atomic E-state index is 12.3. The van der Waals surface area contributed by atoms with Gasteiger partial charge in [-0.05, 0) is 0 Å². The molecule has 8 atom stereocenters. The van der Waals surface area contributed by atoms with E-state index in [0.29, 0.717) is 0 Å². The molecule has 0 aromatic carbocycles. The second-order valence-electron chi connectivity index (χ2n) is 9.55. The van der Waals surface area contributed by atoms with Gasteiger partial charge in [0.05, 0.1) is 25.9 Å². The van der Waals surface area contributed by atoms with Gasteiger partial charge in [-0.25, -0.2) is 48.2 Å². The molecule has 4 aromatic rings. The van der Waals surface area contributed by atoms with E-state index < -0.39 is 69.2 Å². The zero-order valence-electron chi connectivity index (χ0n) is 25.8. The van der Waals surface area contributed by atoms with Gasteiger partial charge in [-0.2, -0.15) is 12.9 Å². The van der Waals surface area contributed by atoms with Crippen molar-refractivity contribution in [3.8, 4) is 0 Å². The summed E-state index contributed by atoms with van der Waals surface area (Å²) in [5.41, 5.74) is 11.4. The molecule has 0 aliphatic rings. The highest BCUT2D eigenvalue weighted by atomic mass is 31.3. The number of imidazole rings is 2. The standard InChI is InChI=1S/C20H24N10O19P4/c21-17-15-19(25-7-23-17)29(9-27-15)13(3-33)45-11(1-31)5-43-50(35,36)47-52(39,40)49-53(41,42)48-51(37,38)44-6-12(2-32)46-14(4-34)30-10-28-16-18(22)24-8-26-20(16)30/h1-4,7-14H,5-6H2,(H,35,36)(H,37,38)(H,39,40)(H,41,42)(H2,21,23,25)(H2,22,24,26). The molecule has 8 N–H and O–H groups in total. The number of fused-ring (bicyclic) bond motifs is 2. The molecular weight excluding hydrogens is 808 g/mol. The molecule has 0 radical (unpaired) electrons. The van der Waals surface area contributed by atoms with E-state index in [1.807, 2.05) is 0 Å².